The smallest absolute Gasteiger partial charge is 0.247 e. The molecule has 3 aromatic rings. The summed E-state index contributed by atoms with van der Waals surface area (Å²) in [6.07, 6.45) is 1.86. The molecular formula is C24H26N2O4. The third-order valence-corrected chi connectivity index (χ3v) is 4.83. The first kappa shape index (κ1) is 21.2. The number of carbonyl (C=O) groups is 2. The molecule has 2 amide bonds. The quantitative estimate of drug-likeness (QED) is 0.581. The number of methoxy groups -OCH3 is 1. The number of hydrogen-bond donors (Lipinski definition) is 1. The number of hydrogen-bond acceptors (Lipinski definition) is 4. The highest BCUT2D eigenvalue weighted by Gasteiger charge is 2.30. The Morgan fingerprint density at radius 1 is 1.03 bits per heavy atom. The van der Waals surface area contributed by atoms with Crippen molar-refractivity contribution >= 4 is 11.8 Å². The summed E-state index contributed by atoms with van der Waals surface area (Å²) in [7, 11) is 1.61. The van der Waals surface area contributed by atoms with E-state index in [1.807, 2.05) is 54.6 Å². The first-order chi connectivity index (χ1) is 14.6. The van der Waals surface area contributed by atoms with Crippen molar-refractivity contribution in [2.24, 2.45) is 0 Å². The first-order valence-corrected chi connectivity index (χ1v) is 9.89. The van der Waals surface area contributed by atoms with Crippen LogP contribution in [0, 0.1) is 0 Å². The summed E-state index contributed by atoms with van der Waals surface area (Å²) in [5, 5.41) is 2.90. The third kappa shape index (κ3) is 5.29. The fourth-order valence-electron chi connectivity index (χ4n) is 3.25. The second-order valence-electron chi connectivity index (χ2n) is 6.83. The topological polar surface area (TPSA) is 71.8 Å². The minimum atomic E-state index is -0.754. The van der Waals surface area contributed by atoms with Gasteiger partial charge in [-0.05, 0) is 35.4 Å². The molecule has 0 unspecified atom stereocenters. The Hall–Kier alpha value is -3.54. The summed E-state index contributed by atoms with van der Waals surface area (Å²) in [5.74, 6) is 1.03. The van der Waals surface area contributed by atoms with Crippen LogP contribution in [0.15, 0.2) is 77.4 Å². The van der Waals surface area contributed by atoms with Crippen molar-refractivity contribution in [3.05, 3.63) is 89.9 Å². The van der Waals surface area contributed by atoms with Gasteiger partial charge in [-0.15, -0.1) is 0 Å². The second-order valence-corrected chi connectivity index (χ2v) is 6.83. The van der Waals surface area contributed by atoms with E-state index in [9.17, 15) is 9.59 Å². The lowest BCUT2D eigenvalue weighted by Crippen LogP contribution is -2.43. The molecule has 0 aliphatic heterocycles. The van der Waals surface area contributed by atoms with Crippen LogP contribution in [-0.4, -0.2) is 23.8 Å². The van der Waals surface area contributed by atoms with Crippen LogP contribution in [0.2, 0.25) is 0 Å². The maximum Gasteiger partial charge on any atom is 0.247 e. The number of rotatable bonds is 9. The highest BCUT2D eigenvalue weighted by atomic mass is 16.5. The minimum Gasteiger partial charge on any atom is -0.497 e. The molecule has 0 saturated heterocycles. The van der Waals surface area contributed by atoms with E-state index in [2.05, 4.69) is 5.32 Å². The van der Waals surface area contributed by atoms with Gasteiger partial charge in [0.1, 0.15) is 17.6 Å². The average Bonchev–Trinajstić information content (AvgIpc) is 3.31. The normalized spacial score (nSPS) is 11.5. The van der Waals surface area contributed by atoms with Crippen LogP contribution in [0.1, 0.15) is 36.3 Å². The van der Waals surface area contributed by atoms with Gasteiger partial charge in [-0.1, -0.05) is 49.4 Å². The molecular weight excluding hydrogens is 380 g/mol. The van der Waals surface area contributed by atoms with Gasteiger partial charge in [0.2, 0.25) is 11.8 Å². The largest absolute Gasteiger partial charge is 0.497 e. The Bertz CT molecular complexity index is 937. The number of furan rings is 1. The van der Waals surface area contributed by atoms with E-state index in [4.69, 9.17) is 9.15 Å². The molecule has 0 spiro atoms. The van der Waals surface area contributed by atoms with Gasteiger partial charge in [0.05, 0.1) is 19.9 Å². The number of carbonyl (C=O) groups excluding carboxylic acids is 2. The molecule has 6 heteroatoms. The minimum absolute atomic E-state index is 0.104. The number of nitrogens with zero attached hydrogens (tertiary/aromatic N) is 1. The molecule has 6 nitrogen and oxygen atoms in total. The van der Waals surface area contributed by atoms with E-state index >= 15 is 0 Å². The number of amides is 2. The molecule has 156 valence electrons. The summed E-state index contributed by atoms with van der Waals surface area (Å²) in [6.45, 7) is 2.36. The Kier molecular flexibility index (Phi) is 7.27. The van der Waals surface area contributed by atoms with Gasteiger partial charge in [0, 0.05) is 13.0 Å². The van der Waals surface area contributed by atoms with Crippen LogP contribution >= 0.6 is 0 Å². The van der Waals surface area contributed by atoms with Crippen molar-refractivity contribution in [3.63, 3.8) is 0 Å². The zero-order chi connectivity index (χ0) is 21.3. The SMILES string of the molecule is CCC(=O)N(Cc1ccc(OC)cc1)[C@@H](C(=O)NCc1ccco1)c1ccccc1. The van der Waals surface area contributed by atoms with Gasteiger partial charge in [-0.2, -0.15) is 0 Å². The monoisotopic (exact) mass is 406 g/mol. The first-order valence-electron chi connectivity index (χ1n) is 9.89. The zero-order valence-electron chi connectivity index (χ0n) is 17.2. The summed E-state index contributed by atoms with van der Waals surface area (Å²) in [6, 6.07) is 19.6. The van der Waals surface area contributed by atoms with Crippen LogP contribution in [0.5, 0.6) is 5.75 Å². The zero-order valence-corrected chi connectivity index (χ0v) is 17.2. The summed E-state index contributed by atoms with van der Waals surface area (Å²) >= 11 is 0. The lowest BCUT2D eigenvalue weighted by molar-refractivity contribution is -0.141. The molecule has 1 atom stereocenters. The van der Waals surface area contributed by atoms with Gasteiger partial charge in [-0.25, -0.2) is 0 Å². The standard InChI is InChI=1S/C24H26N2O4/c1-3-22(27)26(17-18-11-13-20(29-2)14-12-18)23(19-8-5-4-6-9-19)24(28)25-16-21-10-7-15-30-21/h4-15,23H,3,16-17H2,1-2H3,(H,25,28)/t23-/m1/s1. The van der Waals surface area contributed by atoms with Gasteiger partial charge in [0.25, 0.3) is 0 Å². The predicted octanol–water partition coefficient (Wildman–Crippen LogP) is 4.08. The molecule has 1 aromatic heterocycles. The van der Waals surface area contributed by atoms with Crippen molar-refractivity contribution < 1.29 is 18.7 Å². The molecule has 0 aliphatic carbocycles. The van der Waals surface area contributed by atoms with Gasteiger partial charge < -0.3 is 19.4 Å². The van der Waals surface area contributed by atoms with Crippen LogP contribution in [0.3, 0.4) is 0 Å². The Labute approximate surface area is 176 Å². The highest BCUT2D eigenvalue weighted by Crippen LogP contribution is 2.25. The molecule has 1 N–H and O–H groups in total. The molecule has 2 aromatic carbocycles. The molecule has 0 bridgehead atoms. The number of benzene rings is 2. The van der Waals surface area contributed by atoms with E-state index in [-0.39, 0.29) is 18.4 Å². The second kappa shape index (κ2) is 10.3. The third-order valence-electron chi connectivity index (χ3n) is 4.83. The fourth-order valence-corrected chi connectivity index (χ4v) is 3.25. The Morgan fingerprint density at radius 2 is 1.77 bits per heavy atom. The van der Waals surface area contributed by atoms with Crippen LogP contribution < -0.4 is 10.1 Å². The molecule has 0 radical (unpaired) electrons. The molecule has 3 rings (SSSR count). The van der Waals surface area contributed by atoms with E-state index in [1.54, 1.807) is 37.3 Å². The summed E-state index contributed by atoms with van der Waals surface area (Å²) in [4.78, 5) is 27.7. The highest BCUT2D eigenvalue weighted by molar-refractivity contribution is 5.88. The molecule has 0 fully saturated rings. The fraction of sp³-hybridized carbons (Fsp3) is 0.250. The summed E-state index contributed by atoms with van der Waals surface area (Å²) < 4.78 is 10.5. The van der Waals surface area contributed by atoms with Gasteiger partial charge in [0.15, 0.2) is 0 Å². The lowest BCUT2D eigenvalue weighted by Gasteiger charge is -2.31. The van der Waals surface area contributed by atoms with Crippen LogP contribution in [0.25, 0.3) is 0 Å². The number of ether oxygens (including phenoxy) is 1. The van der Waals surface area contributed by atoms with Crippen molar-refractivity contribution in [2.45, 2.75) is 32.5 Å². The predicted molar refractivity (Wildman–Crippen MR) is 114 cm³/mol. The lowest BCUT2D eigenvalue weighted by atomic mass is 10.0. The van der Waals surface area contributed by atoms with Gasteiger partial charge in [-0.3, -0.25) is 9.59 Å². The Morgan fingerprint density at radius 3 is 2.37 bits per heavy atom. The maximum atomic E-state index is 13.2. The van der Waals surface area contributed by atoms with E-state index in [1.165, 1.54) is 0 Å². The average molecular weight is 406 g/mol. The van der Waals surface area contributed by atoms with Crippen molar-refractivity contribution in [1.29, 1.82) is 0 Å². The molecule has 1 heterocycles. The Balaban J connectivity index is 1.89. The van der Waals surface area contributed by atoms with E-state index in [0.29, 0.717) is 18.7 Å². The van der Waals surface area contributed by atoms with E-state index in [0.717, 1.165) is 16.9 Å². The molecule has 0 aliphatic rings. The maximum absolute atomic E-state index is 13.2. The number of nitrogens with one attached hydrogen (secondary N) is 1. The van der Waals surface area contributed by atoms with Crippen LogP contribution in [0.4, 0.5) is 0 Å². The van der Waals surface area contributed by atoms with Crippen molar-refractivity contribution in [3.8, 4) is 5.75 Å². The summed E-state index contributed by atoms with van der Waals surface area (Å²) in [5.41, 5.74) is 1.67. The van der Waals surface area contributed by atoms with Crippen LogP contribution in [-0.2, 0) is 22.7 Å². The van der Waals surface area contributed by atoms with Crippen molar-refractivity contribution in [2.75, 3.05) is 7.11 Å². The molecule has 0 saturated carbocycles. The van der Waals surface area contributed by atoms with E-state index < -0.39 is 6.04 Å². The van der Waals surface area contributed by atoms with Gasteiger partial charge >= 0.3 is 0 Å². The molecule has 30 heavy (non-hydrogen) atoms. The van der Waals surface area contributed by atoms with Crippen molar-refractivity contribution in [1.82, 2.24) is 10.2 Å².